The van der Waals surface area contributed by atoms with Crippen molar-refractivity contribution in [3.8, 4) is 0 Å². The monoisotopic (exact) mass is 249 g/mol. The van der Waals surface area contributed by atoms with E-state index in [2.05, 4.69) is 46.9 Å². The molecule has 0 spiro atoms. The van der Waals surface area contributed by atoms with Crippen molar-refractivity contribution in [2.45, 2.75) is 65.8 Å². The molecule has 1 aromatic heterocycles. The molecule has 1 aromatic rings. The summed E-state index contributed by atoms with van der Waals surface area (Å²) < 4.78 is 0. The maximum Gasteiger partial charge on any atom is 0.142 e. The minimum absolute atomic E-state index is 0.0644. The van der Waals surface area contributed by atoms with Gasteiger partial charge in [-0.1, -0.05) is 41.5 Å². The second-order valence-corrected chi connectivity index (χ2v) is 6.14. The fourth-order valence-electron chi connectivity index (χ4n) is 2.25. The van der Waals surface area contributed by atoms with Crippen molar-refractivity contribution in [1.82, 2.24) is 15.3 Å². The Kier molecular flexibility index (Phi) is 4.85. The highest BCUT2D eigenvalue weighted by atomic mass is 15.0. The van der Waals surface area contributed by atoms with E-state index in [1.807, 2.05) is 7.05 Å². The smallest absolute Gasteiger partial charge is 0.142 e. The molecular formula is C15H27N3. The Bertz CT molecular complexity index is 403. The fraction of sp³-hybridized carbons (Fsp3) is 0.733. The number of nitrogens with one attached hydrogen (secondary N) is 1. The van der Waals surface area contributed by atoms with Crippen molar-refractivity contribution in [2.24, 2.45) is 0 Å². The largest absolute Gasteiger partial charge is 0.313 e. The van der Waals surface area contributed by atoms with E-state index in [1.165, 1.54) is 17.0 Å². The summed E-state index contributed by atoms with van der Waals surface area (Å²) in [5.41, 5.74) is 3.81. The molecule has 0 aliphatic rings. The van der Waals surface area contributed by atoms with E-state index in [9.17, 15) is 0 Å². The molecule has 0 radical (unpaired) electrons. The zero-order chi connectivity index (χ0) is 13.9. The van der Waals surface area contributed by atoms with Crippen molar-refractivity contribution >= 4 is 0 Å². The third kappa shape index (κ3) is 3.29. The van der Waals surface area contributed by atoms with Crippen LogP contribution in [0.5, 0.6) is 0 Å². The Hall–Kier alpha value is -0.960. The molecule has 1 rings (SSSR count). The first-order valence-corrected chi connectivity index (χ1v) is 6.86. The van der Waals surface area contributed by atoms with E-state index in [0.29, 0.717) is 5.92 Å². The molecule has 0 amide bonds. The molecule has 0 atom stereocenters. The van der Waals surface area contributed by atoms with Gasteiger partial charge >= 0.3 is 0 Å². The van der Waals surface area contributed by atoms with Gasteiger partial charge in [-0.25, -0.2) is 9.97 Å². The van der Waals surface area contributed by atoms with E-state index in [4.69, 9.17) is 9.97 Å². The van der Waals surface area contributed by atoms with Crippen molar-refractivity contribution < 1.29 is 0 Å². The molecule has 18 heavy (non-hydrogen) atoms. The standard InChI is InChI=1S/C15H27N3/c1-8-11-13(10(2)3)14(15(4,5)6)18-12(17-11)9-16-7/h10,16H,8-9H2,1-7H3. The van der Waals surface area contributed by atoms with Gasteiger partial charge in [0.2, 0.25) is 0 Å². The first kappa shape index (κ1) is 15.1. The summed E-state index contributed by atoms with van der Waals surface area (Å²) in [7, 11) is 1.93. The van der Waals surface area contributed by atoms with Crippen LogP contribution in [0.3, 0.4) is 0 Å². The molecule has 0 unspecified atom stereocenters. The van der Waals surface area contributed by atoms with Gasteiger partial charge in [0, 0.05) is 11.1 Å². The summed E-state index contributed by atoms with van der Waals surface area (Å²) in [6.45, 7) is 14.0. The van der Waals surface area contributed by atoms with Gasteiger partial charge < -0.3 is 5.32 Å². The molecule has 0 aromatic carbocycles. The first-order chi connectivity index (χ1) is 8.31. The van der Waals surface area contributed by atoms with Crippen LogP contribution in [0.25, 0.3) is 0 Å². The Morgan fingerprint density at radius 2 is 1.78 bits per heavy atom. The molecule has 0 saturated carbocycles. The van der Waals surface area contributed by atoms with Gasteiger partial charge in [0.25, 0.3) is 0 Å². The van der Waals surface area contributed by atoms with E-state index >= 15 is 0 Å². The topological polar surface area (TPSA) is 37.8 Å². The third-order valence-corrected chi connectivity index (χ3v) is 3.03. The highest BCUT2D eigenvalue weighted by Gasteiger charge is 2.25. The number of aryl methyl sites for hydroxylation is 1. The summed E-state index contributed by atoms with van der Waals surface area (Å²) in [4.78, 5) is 9.49. The van der Waals surface area contributed by atoms with Gasteiger partial charge in [-0.15, -0.1) is 0 Å². The van der Waals surface area contributed by atoms with Crippen LogP contribution in [0.15, 0.2) is 0 Å². The number of hydrogen-bond donors (Lipinski definition) is 1. The summed E-state index contributed by atoms with van der Waals surface area (Å²) in [5, 5.41) is 3.14. The minimum Gasteiger partial charge on any atom is -0.313 e. The normalized spacial score (nSPS) is 12.2. The molecule has 0 aliphatic heterocycles. The lowest BCUT2D eigenvalue weighted by molar-refractivity contribution is 0.540. The average molecular weight is 249 g/mol. The number of rotatable bonds is 4. The molecule has 102 valence electrons. The van der Waals surface area contributed by atoms with Crippen LogP contribution in [-0.2, 0) is 18.4 Å². The van der Waals surface area contributed by atoms with Gasteiger partial charge in [-0.05, 0) is 24.9 Å². The highest BCUT2D eigenvalue weighted by molar-refractivity contribution is 5.33. The molecule has 0 fully saturated rings. The Morgan fingerprint density at radius 1 is 1.17 bits per heavy atom. The number of nitrogens with zero attached hydrogens (tertiary/aromatic N) is 2. The SMILES string of the molecule is CCc1nc(CNC)nc(C(C)(C)C)c1C(C)C. The maximum absolute atomic E-state index is 4.79. The summed E-state index contributed by atoms with van der Waals surface area (Å²) in [5.74, 6) is 1.38. The second-order valence-electron chi connectivity index (χ2n) is 6.14. The van der Waals surface area contributed by atoms with E-state index in [0.717, 1.165) is 18.8 Å². The maximum atomic E-state index is 4.79. The van der Waals surface area contributed by atoms with Gasteiger partial charge in [0.05, 0.1) is 12.2 Å². The predicted molar refractivity (Wildman–Crippen MR) is 77.0 cm³/mol. The second kappa shape index (κ2) is 5.79. The van der Waals surface area contributed by atoms with E-state index < -0.39 is 0 Å². The number of hydrogen-bond acceptors (Lipinski definition) is 3. The molecule has 0 aliphatic carbocycles. The van der Waals surface area contributed by atoms with Crippen LogP contribution in [0.4, 0.5) is 0 Å². The first-order valence-electron chi connectivity index (χ1n) is 6.86. The Balaban J connectivity index is 3.47. The van der Waals surface area contributed by atoms with Gasteiger partial charge in [-0.2, -0.15) is 0 Å². The summed E-state index contributed by atoms with van der Waals surface area (Å²) >= 11 is 0. The number of aromatic nitrogens is 2. The van der Waals surface area contributed by atoms with Crippen LogP contribution in [0.2, 0.25) is 0 Å². The molecule has 0 bridgehead atoms. The lowest BCUT2D eigenvalue weighted by Gasteiger charge is -2.26. The highest BCUT2D eigenvalue weighted by Crippen LogP contribution is 2.31. The molecule has 3 nitrogen and oxygen atoms in total. The summed E-state index contributed by atoms with van der Waals surface area (Å²) in [6, 6.07) is 0. The van der Waals surface area contributed by atoms with E-state index in [-0.39, 0.29) is 5.41 Å². The Labute approximate surface area is 111 Å². The van der Waals surface area contributed by atoms with Crippen LogP contribution in [0.1, 0.15) is 70.2 Å². The van der Waals surface area contributed by atoms with E-state index in [1.54, 1.807) is 0 Å². The van der Waals surface area contributed by atoms with Crippen LogP contribution in [0, 0.1) is 0 Å². The Morgan fingerprint density at radius 3 is 2.17 bits per heavy atom. The van der Waals surface area contributed by atoms with Crippen LogP contribution >= 0.6 is 0 Å². The zero-order valence-electron chi connectivity index (χ0n) is 12.9. The molecule has 0 saturated heterocycles. The minimum atomic E-state index is 0.0644. The van der Waals surface area contributed by atoms with Gasteiger partial charge in [0.1, 0.15) is 5.82 Å². The summed E-state index contributed by atoms with van der Waals surface area (Å²) in [6.07, 6.45) is 0.968. The molecular weight excluding hydrogens is 222 g/mol. The van der Waals surface area contributed by atoms with Crippen LogP contribution < -0.4 is 5.32 Å². The molecule has 1 heterocycles. The van der Waals surface area contributed by atoms with Gasteiger partial charge in [-0.3, -0.25) is 0 Å². The van der Waals surface area contributed by atoms with Crippen molar-refractivity contribution in [2.75, 3.05) is 7.05 Å². The van der Waals surface area contributed by atoms with Crippen molar-refractivity contribution in [3.05, 3.63) is 22.8 Å². The lowest BCUT2D eigenvalue weighted by atomic mass is 9.83. The average Bonchev–Trinajstić information content (AvgIpc) is 2.26. The van der Waals surface area contributed by atoms with Crippen LogP contribution in [-0.4, -0.2) is 17.0 Å². The quantitative estimate of drug-likeness (QED) is 0.890. The fourth-order valence-corrected chi connectivity index (χ4v) is 2.25. The van der Waals surface area contributed by atoms with Crippen molar-refractivity contribution in [1.29, 1.82) is 0 Å². The van der Waals surface area contributed by atoms with Crippen molar-refractivity contribution in [3.63, 3.8) is 0 Å². The zero-order valence-corrected chi connectivity index (χ0v) is 12.9. The predicted octanol–water partition coefficient (Wildman–Crippen LogP) is 3.18. The van der Waals surface area contributed by atoms with Gasteiger partial charge in [0.15, 0.2) is 0 Å². The lowest BCUT2D eigenvalue weighted by Crippen LogP contribution is -2.23. The molecule has 3 heteroatoms. The third-order valence-electron chi connectivity index (χ3n) is 3.03. The molecule has 1 N–H and O–H groups in total.